The Kier molecular flexibility index (Phi) is 7.71. The molecular weight excluding hydrogens is 384 g/mol. The van der Waals surface area contributed by atoms with Crippen molar-refractivity contribution < 1.29 is 9.90 Å². The summed E-state index contributed by atoms with van der Waals surface area (Å²) in [5, 5.41) is 18.5. The summed E-state index contributed by atoms with van der Waals surface area (Å²) >= 11 is 1.51. The van der Waals surface area contributed by atoms with Gasteiger partial charge in [-0.05, 0) is 35.6 Å². The molecule has 154 valence electrons. The van der Waals surface area contributed by atoms with Gasteiger partial charge in [-0.1, -0.05) is 60.3 Å². The van der Waals surface area contributed by atoms with E-state index in [1.165, 1.54) is 11.8 Å². The number of hydrogen-bond donors (Lipinski definition) is 4. The molecule has 5 N–H and O–H groups in total. The molecule has 3 rings (SSSR count). The second kappa shape index (κ2) is 10.5. The predicted molar refractivity (Wildman–Crippen MR) is 119 cm³/mol. The fourth-order valence-electron chi connectivity index (χ4n) is 3.13. The van der Waals surface area contributed by atoms with Gasteiger partial charge in [0.05, 0.1) is 12.5 Å². The van der Waals surface area contributed by atoms with Crippen LogP contribution in [0.5, 0.6) is 0 Å². The van der Waals surface area contributed by atoms with E-state index in [0.717, 1.165) is 28.9 Å². The van der Waals surface area contributed by atoms with Gasteiger partial charge in [0.25, 0.3) is 0 Å². The summed E-state index contributed by atoms with van der Waals surface area (Å²) in [5.41, 5.74) is 9.51. The lowest BCUT2D eigenvalue weighted by atomic mass is 10.1. The normalized spacial score (nSPS) is 17.1. The van der Waals surface area contributed by atoms with E-state index in [-0.39, 0.29) is 11.4 Å². The summed E-state index contributed by atoms with van der Waals surface area (Å²) in [6.45, 7) is 1.19. The van der Waals surface area contributed by atoms with Crippen LogP contribution in [-0.2, 0) is 11.2 Å². The quantitative estimate of drug-likeness (QED) is 0.474. The van der Waals surface area contributed by atoms with Crippen molar-refractivity contribution in [2.75, 3.05) is 25.5 Å². The molecule has 0 radical (unpaired) electrons. The molecule has 1 aliphatic heterocycles. The highest BCUT2D eigenvalue weighted by Gasteiger charge is 2.21. The van der Waals surface area contributed by atoms with Crippen molar-refractivity contribution >= 4 is 23.4 Å². The van der Waals surface area contributed by atoms with E-state index in [1.807, 2.05) is 72.0 Å². The molecule has 2 aromatic carbocycles. The Labute approximate surface area is 176 Å². The zero-order valence-electron chi connectivity index (χ0n) is 16.5. The standard InChI is InChI=1S/C22H28N4O2S/c1-26-18(15-29-22(26)23)13-21(28)25-19-10-6-5-7-16(19)11-12-24-14-20(27)17-8-3-2-4-9-17/h2-10,15,20,22,24,27H,11-14,23H2,1H3,(H,25,28). The van der Waals surface area contributed by atoms with E-state index < -0.39 is 6.10 Å². The highest BCUT2D eigenvalue weighted by molar-refractivity contribution is 8.02. The minimum absolute atomic E-state index is 0.0577. The second-order valence-corrected chi connectivity index (χ2v) is 8.00. The van der Waals surface area contributed by atoms with Crippen molar-refractivity contribution in [3.8, 4) is 0 Å². The number of nitrogens with two attached hydrogens (primary N) is 1. The first kappa shape index (κ1) is 21.4. The highest BCUT2D eigenvalue weighted by atomic mass is 32.2. The number of carbonyl (C=O) groups excluding carboxylic acids is 1. The van der Waals surface area contributed by atoms with Crippen LogP contribution >= 0.6 is 11.8 Å². The van der Waals surface area contributed by atoms with E-state index >= 15 is 0 Å². The molecule has 0 aliphatic carbocycles. The van der Waals surface area contributed by atoms with Crippen LogP contribution in [0, 0.1) is 0 Å². The van der Waals surface area contributed by atoms with Gasteiger partial charge in [-0.3, -0.25) is 4.79 Å². The van der Waals surface area contributed by atoms with E-state index in [0.29, 0.717) is 19.5 Å². The molecule has 2 atom stereocenters. The fraction of sp³-hybridized carbons (Fsp3) is 0.318. The van der Waals surface area contributed by atoms with Crippen LogP contribution in [0.2, 0.25) is 0 Å². The molecule has 2 unspecified atom stereocenters. The van der Waals surface area contributed by atoms with Crippen molar-refractivity contribution in [1.82, 2.24) is 10.2 Å². The number of benzene rings is 2. The molecule has 29 heavy (non-hydrogen) atoms. The molecule has 1 heterocycles. The molecule has 0 aromatic heterocycles. The molecule has 1 amide bonds. The molecule has 0 saturated carbocycles. The van der Waals surface area contributed by atoms with Gasteiger partial charge in [-0.25, -0.2) is 0 Å². The maximum Gasteiger partial charge on any atom is 0.230 e. The minimum Gasteiger partial charge on any atom is -0.387 e. The van der Waals surface area contributed by atoms with Crippen LogP contribution < -0.4 is 16.4 Å². The average molecular weight is 413 g/mol. The summed E-state index contributed by atoms with van der Waals surface area (Å²) in [7, 11) is 1.90. The van der Waals surface area contributed by atoms with Crippen LogP contribution in [0.15, 0.2) is 65.7 Å². The van der Waals surface area contributed by atoms with Crippen molar-refractivity contribution in [3.05, 3.63) is 76.8 Å². The Morgan fingerprint density at radius 2 is 1.93 bits per heavy atom. The van der Waals surface area contributed by atoms with Crippen LogP contribution in [0.4, 0.5) is 5.69 Å². The van der Waals surface area contributed by atoms with Gasteiger partial charge in [-0.15, -0.1) is 0 Å². The zero-order chi connectivity index (χ0) is 20.6. The first-order chi connectivity index (χ1) is 14.0. The lowest BCUT2D eigenvalue weighted by Crippen LogP contribution is -2.32. The molecule has 0 saturated heterocycles. The monoisotopic (exact) mass is 412 g/mol. The van der Waals surface area contributed by atoms with Crippen LogP contribution in [0.3, 0.4) is 0 Å². The zero-order valence-corrected chi connectivity index (χ0v) is 17.4. The Morgan fingerprint density at radius 1 is 1.21 bits per heavy atom. The Balaban J connectivity index is 1.48. The molecule has 6 nitrogen and oxygen atoms in total. The van der Waals surface area contributed by atoms with Gasteiger partial charge >= 0.3 is 0 Å². The van der Waals surface area contributed by atoms with Gasteiger partial charge in [0.15, 0.2) is 0 Å². The number of para-hydroxylation sites is 1. The number of nitrogens with one attached hydrogen (secondary N) is 2. The topological polar surface area (TPSA) is 90.6 Å². The molecule has 2 aromatic rings. The Hall–Kier alpha value is -2.32. The minimum atomic E-state index is -0.535. The van der Waals surface area contributed by atoms with Crippen LogP contribution in [-0.4, -0.2) is 41.5 Å². The van der Waals surface area contributed by atoms with Crippen LogP contribution in [0.1, 0.15) is 23.7 Å². The first-order valence-corrected chi connectivity index (χ1v) is 10.6. The third-order valence-electron chi connectivity index (χ3n) is 4.90. The number of amides is 1. The third-order valence-corrected chi connectivity index (χ3v) is 5.91. The lowest BCUT2D eigenvalue weighted by molar-refractivity contribution is -0.115. The first-order valence-electron chi connectivity index (χ1n) is 9.69. The largest absolute Gasteiger partial charge is 0.387 e. The lowest BCUT2D eigenvalue weighted by Gasteiger charge is -2.20. The number of hydrogen-bond acceptors (Lipinski definition) is 6. The smallest absolute Gasteiger partial charge is 0.230 e. The number of aliphatic hydroxyl groups excluding tert-OH is 1. The van der Waals surface area contributed by atoms with Crippen molar-refractivity contribution in [2.24, 2.45) is 5.73 Å². The maximum atomic E-state index is 12.5. The van der Waals surface area contributed by atoms with Gasteiger partial charge in [0.2, 0.25) is 5.91 Å². The maximum absolute atomic E-state index is 12.5. The van der Waals surface area contributed by atoms with E-state index in [4.69, 9.17) is 5.73 Å². The molecule has 7 heteroatoms. The highest BCUT2D eigenvalue weighted by Crippen LogP contribution is 2.28. The summed E-state index contributed by atoms with van der Waals surface area (Å²) in [5.74, 6) is -0.0577. The van der Waals surface area contributed by atoms with Gasteiger partial charge in [0, 0.05) is 25.0 Å². The molecule has 0 spiro atoms. The van der Waals surface area contributed by atoms with E-state index in [1.54, 1.807) is 0 Å². The predicted octanol–water partition coefficient (Wildman–Crippen LogP) is 2.64. The fourth-order valence-corrected chi connectivity index (χ4v) is 3.99. The average Bonchev–Trinajstić information content (AvgIpc) is 3.04. The number of anilines is 1. The third kappa shape index (κ3) is 6.08. The van der Waals surface area contributed by atoms with E-state index in [9.17, 15) is 9.90 Å². The van der Waals surface area contributed by atoms with Gasteiger partial charge in [0.1, 0.15) is 5.50 Å². The van der Waals surface area contributed by atoms with Crippen molar-refractivity contribution in [2.45, 2.75) is 24.4 Å². The Morgan fingerprint density at radius 3 is 2.66 bits per heavy atom. The SMILES string of the molecule is CN1C(CC(=O)Nc2ccccc2CCNCC(O)c2ccccc2)=CSC1N. The second-order valence-electron chi connectivity index (χ2n) is 7.01. The van der Waals surface area contributed by atoms with Crippen LogP contribution in [0.25, 0.3) is 0 Å². The number of nitrogens with zero attached hydrogens (tertiary/aromatic N) is 1. The molecule has 1 aliphatic rings. The summed E-state index contributed by atoms with van der Waals surface area (Å²) in [6, 6.07) is 17.4. The molecule has 0 bridgehead atoms. The molecular formula is C22H28N4O2S. The van der Waals surface area contributed by atoms with Crippen molar-refractivity contribution in [3.63, 3.8) is 0 Å². The summed E-state index contributed by atoms with van der Waals surface area (Å²) < 4.78 is 0. The van der Waals surface area contributed by atoms with Gasteiger partial charge < -0.3 is 26.4 Å². The van der Waals surface area contributed by atoms with Crippen molar-refractivity contribution in [1.29, 1.82) is 0 Å². The molecule has 0 fully saturated rings. The van der Waals surface area contributed by atoms with E-state index in [2.05, 4.69) is 10.6 Å². The van der Waals surface area contributed by atoms with Gasteiger partial charge in [-0.2, -0.15) is 0 Å². The number of thioether (sulfide) groups is 1. The number of carbonyl (C=O) groups is 1. The summed E-state index contributed by atoms with van der Waals surface area (Å²) in [6.07, 6.45) is 0.515. The number of rotatable bonds is 9. The number of aliphatic hydroxyl groups is 1. The Bertz CT molecular complexity index is 844. The summed E-state index contributed by atoms with van der Waals surface area (Å²) in [4.78, 5) is 14.4.